The number of aliphatic hydroxyl groups excluding tert-OH is 2. The lowest BCUT2D eigenvalue weighted by Crippen LogP contribution is -2.48. The Bertz CT molecular complexity index is 422. The van der Waals surface area contributed by atoms with Gasteiger partial charge in [0.05, 0.1) is 12.2 Å². The zero-order valence-corrected chi connectivity index (χ0v) is 11.5. The van der Waals surface area contributed by atoms with E-state index in [0.717, 1.165) is 31.6 Å². The largest absolute Gasteiger partial charge is 0.390 e. The fourth-order valence-electron chi connectivity index (χ4n) is 3.31. The van der Waals surface area contributed by atoms with E-state index in [0.29, 0.717) is 12.5 Å². The van der Waals surface area contributed by atoms with Crippen molar-refractivity contribution in [1.82, 2.24) is 10.3 Å². The number of ether oxygens (including phenoxy) is 1. The average Bonchev–Trinajstić information content (AvgIpc) is 2.78. The summed E-state index contributed by atoms with van der Waals surface area (Å²) in [6, 6.07) is 4.16. The Morgan fingerprint density at radius 1 is 1.25 bits per heavy atom. The van der Waals surface area contributed by atoms with Gasteiger partial charge >= 0.3 is 0 Å². The Kier molecular flexibility index (Phi) is 4.31. The second kappa shape index (κ2) is 6.18. The molecule has 1 aromatic heterocycles. The molecule has 0 unspecified atom stereocenters. The van der Waals surface area contributed by atoms with Gasteiger partial charge in [0.25, 0.3) is 0 Å². The Hall–Kier alpha value is -1.01. The molecule has 4 atom stereocenters. The quantitative estimate of drug-likeness (QED) is 0.747. The summed E-state index contributed by atoms with van der Waals surface area (Å²) in [5.41, 5.74) is 1.08. The van der Waals surface area contributed by atoms with Crippen LogP contribution in [0.4, 0.5) is 0 Å². The van der Waals surface area contributed by atoms with Gasteiger partial charge in [-0.3, -0.25) is 4.98 Å². The minimum atomic E-state index is -0.719. The van der Waals surface area contributed by atoms with Gasteiger partial charge in [0.2, 0.25) is 0 Å². The highest BCUT2D eigenvalue weighted by atomic mass is 16.5. The summed E-state index contributed by atoms with van der Waals surface area (Å²) in [7, 11) is 0. The van der Waals surface area contributed by atoms with E-state index in [-0.39, 0.29) is 12.0 Å². The highest BCUT2D eigenvalue weighted by Gasteiger charge is 2.43. The third-order valence-electron chi connectivity index (χ3n) is 4.45. The molecular weight excluding hydrogens is 256 g/mol. The summed E-state index contributed by atoms with van der Waals surface area (Å²) in [6.45, 7) is 1.53. The predicted molar refractivity (Wildman–Crippen MR) is 74.4 cm³/mol. The van der Waals surface area contributed by atoms with E-state index in [1.54, 1.807) is 6.20 Å². The zero-order chi connectivity index (χ0) is 13.9. The summed E-state index contributed by atoms with van der Waals surface area (Å²) < 4.78 is 5.36. The number of nitrogens with zero attached hydrogens (tertiary/aromatic N) is 1. The van der Waals surface area contributed by atoms with Gasteiger partial charge in [-0.25, -0.2) is 0 Å². The van der Waals surface area contributed by atoms with Gasteiger partial charge in [-0.2, -0.15) is 0 Å². The van der Waals surface area contributed by atoms with Crippen molar-refractivity contribution in [2.24, 2.45) is 0 Å². The van der Waals surface area contributed by atoms with E-state index in [4.69, 9.17) is 4.74 Å². The third kappa shape index (κ3) is 2.86. The molecule has 1 saturated heterocycles. The summed E-state index contributed by atoms with van der Waals surface area (Å²) in [5.74, 6) is 0.108. The minimum absolute atomic E-state index is 0.108. The number of rotatable bonds is 3. The molecule has 2 fully saturated rings. The second-order valence-corrected chi connectivity index (χ2v) is 5.77. The molecule has 3 rings (SSSR count). The molecule has 2 heterocycles. The molecular formula is C15H22N2O3. The normalized spacial score (nSPS) is 35.3. The van der Waals surface area contributed by atoms with E-state index < -0.39 is 12.2 Å². The van der Waals surface area contributed by atoms with Crippen LogP contribution in [0.2, 0.25) is 0 Å². The molecule has 1 aliphatic heterocycles. The van der Waals surface area contributed by atoms with Crippen LogP contribution in [0.3, 0.4) is 0 Å². The highest BCUT2D eigenvalue weighted by molar-refractivity contribution is 5.21. The van der Waals surface area contributed by atoms with E-state index in [1.165, 1.54) is 0 Å². The number of hydrogen-bond acceptors (Lipinski definition) is 5. The van der Waals surface area contributed by atoms with Gasteiger partial charge < -0.3 is 20.3 Å². The molecule has 1 saturated carbocycles. The lowest BCUT2D eigenvalue weighted by molar-refractivity contribution is 0.0205. The Morgan fingerprint density at radius 2 is 2.05 bits per heavy atom. The molecule has 0 spiro atoms. The van der Waals surface area contributed by atoms with Crippen molar-refractivity contribution in [1.29, 1.82) is 0 Å². The van der Waals surface area contributed by atoms with Crippen LogP contribution in [-0.2, 0) is 4.74 Å². The van der Waals surface area contributed by atoms with Crippen LogP contribution in [0, 0.1) is 0 Å². The minimum Gasteiger partial charge on any atom is -0.390 e. The van der Waals surface area contributed by atoms with Gasteiger partial charge in [-0.15, -0.1) is 0 Å². The number of aromatic nitrogens is 1. The summed E-state index contributed by atoms with van der Waals surface area (Å²) in [5, 5.41) is 23.8. The maximum Gasteiger partial charge on any atom is 0.0957 e. The maximum atomic E-state index is 10.3. The van der Waals surface area contributed by atoms with E-state index in [2.05, 4.69) is 10.3 Å². The van der Waals surface area contributed by atoms with Crippen LogP contribution >= 0.6 is 0 Å². The van der Waals surface area contributed by atoms with Crippen molar-refractivity contribution in [2.45, 2.75) is 49.5 Å². The standard InChI is InChI=1S/C15H22N2O3/c18-13-8-12(10-2-1-5-16-9-10)14(15(13)19)17-11-3-6-20-7-4-11/h1-2,5,9,11-15,17-19H,3-4,6-8H2/t12-,13-,14-,15-/m1/s1. The molecule has 0 radical (unpaired) electrons. The monoisotopic (exact) mass is 278 g/mol. The summed E-state index contributed by atoms with van der Waals surface area (Å²) >= 11 is 0. The van der Waals surface area contributed by atoms with Crippen LogP contribution in [0.1, 0.15) is 30.7 Å². The number of pyridine rings is 1. The number of aliphatic hydroxyl groups is 2. The first-order valence-corrected chi connectivity index (χ1v) is 7.35. The molecule has 5 nitrogen and oxygen atoms in total. The number of nitrogens with one attached hydrogen (secondary N) is 1. The average molecular weight is 278 g/mol. The van der Waals surface area contributed by atoms with E-state index in [1.807, 2.05) is 18.3 Å². The van der Waals surface area contributed by atoms with Crippen molar-refractivity contribution in [3.05, 3.63) is 30.1 Å². The van der Waals surface area contributed by atoms with Crippen molar-refractivity contribution in [2.75, 3.05) is 13.2 Å². The lowest BCUT2D eigenvalue weighted by atomic mass is 9.93. The van der Waals surface area contributed by atoms with E-state index >= 15 is 0 Å². The second-order valence-electron chi connectivity index (χ2n) is 5.77. The summed E-state index contributed by atoms with van der Waals surface area (Å²) in [4.78, 5) is 4.15. The van der Waals surface area contributed by atoms with Crippen molar-refractivity contribution in [3.8, 4) is 0 Å². The molecule has 1 aromatic rings. The predicted octanol–water partition coefficient (Wildman–Crippen LogP) is 0.428. The van der Waals surface area contributed by atoms with Gasteiger partial charge in [0.1, 0.15) is 0 Å². The smallest absolute Gasteiger partial charge is 0.0957 e. The van der Waals surface area contributed by atoms with Gasteiger partial charge in [0.15, 0.2) is 0 Å². The first-order valence-electron chi connectivity index (χ1n) is 7.35. The van der Waals surface area contributed by atoms with Crippen molar-refractivity contribution < 1.29 is 14.9 Å². The van der Waals surface area contributed by atoms with Gasteiger partial charge in [0, 0.05) is 43.6 Å². The maximum absolute atomic E-state index is 10.3. The topological polar surface area (TPSA) is 74.6 Å². The molecule has 0 aromatic carbocycles. The van der Waals surface area contributed by atoms with E-state index in [9.17, 15) is 10.2 Å². The Balaban J connectivity index is 1.74. The Morgan fingerprint density at radius 3 is 2.75 bits per heavy atom. The fourth-order valence-corrected chi connectivity index (χ4v) is 3.31. The van der Waals surface area contributed by atoms with Crippen LogP contribution in [-0.4, -0.2) is 52.7 Å². The first-order chi connectivity index (χ1) is 9.75. The third-order valence-corrected chi connectivity index (χ3v) is 4.45. The fraction of sp³-hybridized carbons (Fsp3) is 0.667. The van der Waals surface area contributed by atoms with Gasteiger partial charge in [-0.05, 0) is 30.9 Å². The molecule has 110 valence electrons. The van der Waals surface area contributed by atoms with Crippen LogP contribution in [0.15, 0.2) is 24.5 Å². The van der Waals surface area contributed by atoms with Crippen LogP contribution < -0.4 is 5.32 Å². The van der Waals surface area contributed by atoms with Crippen molar-refractivity contribution >= 4 is 0 Å². The Labute approximate surface area is 119 Å². The molecule has 0 bridgehead atoms. The molecule has 0 amide bonds. The first kappa shape index (κ1) is 13.9. The van der Waals surface area contributed by atoms with Crippen LogP contribution in [0.25, 0.3) is 0 Å². The zero-order valence-electron chi connectivity index (χ0n) is 11.5. The molecule has 3 N–H and O–H groups in total. The molecule has 20 heavy (non-hydrogen) atoms. The molecule has 1 aliphatic carbocycles. The lowest BCUT2D eigenvalue weighted by Gasteiger charge is -2.31. The van der Waals surface area contributed by atoms with Gasteiger partial charge in [-0.1, -0.05) is 6.07 Å². The molecule has 2 aliphatic rings. The number of hydrogen-bond donors (Lipinski definition) is 3. The van der Waals surface area contributed by atoms with Crippen LogP contribution in [0.5, 0.6) is 0 Å². The highest BCUT2D eigenvalue weighted by Crippen LogP contribution is 2.35. The van der Waals surface area contributed by atoms with Crippen molar-refractivity contribution in [3.63, 3.8) is 0 Å². The SMILES string of the molecule is O[C@H]1[C@H](NC2CCOCC2)[C@@H](c2cccnc2)C[C@H]1O. The summed E-state index contributed by atoms with van der Waals surface area (Å²) in [6.07, 6.45) is 4.67. The molecule has 5 heteroatoms.